The summed E-state index contributed by atoms with van der Waals surface area (Å²) in [5, 5.41) is 23.5. The summed E-state index contributed by atoms with van der Waals surface area (Å²) >= 11 is 0. The molecule has 2 heterocycles. The summed E-state index contributed by atoms with van der Waals surface area (Å²) in [6.07, 6.45) is 1.04. The molecule has 0 radical (unpaired) electrons. The molecule has 0 bridgehead atoms. The highest BCUT2D eigenvalue weighted by molar-refractivity contribution is 5.85. The maximum atomic E-state index is 11.2. The SMILES string of the molecule is COc1nc2ccccc2cc1-c1cnc(C(CCCCNC(=O)O)NC(=O)O)[nH]1. The average molecular weight is 413 g/mol. The molecule has 0 aliphatic heterocycles. The molecule has 2 aromatic heterocycles. The average Bonchev–Trinajstić information content (AvgIpc) is 3.21. The molecule has 5 N–H and O–H groups in total. The van der Waals surface area contributed by atoms with Gasteiger partial charge in [0, 0.05) is 11.9 Å². The van der Waals surface area contributed by atoms with Crippen LogP contribution in [0.1, 0.15) is 31.1 Å². The molecule has 10 heteroatoms. The highest BCUT2D eigenvalue weighted by Gasteiger charge is 2.19. The van der Waals surface area contributed by atoms with Crippen LogP contribution in [0.15, 0.2) is 36.5 Å². The number of unbranched alkanes of at least 4 members (excludes halogenated alkanes) is 1. The lowest BCUT2D eigenvalue weighted by Gasteiger charge is -2.14. The van der Waals surface area contributed by atoms with E-state index in [0.717, 1.165) is 16.5 Å². The van der Waals surface area contributed by atoms with Gasteiger partial charge >= 0.3 is 12.2 Å². The molecular formula is C20H23N5O5. The van der Waals surface area contributed by atoms with E-state index in [4.69, 9.17) is 9.84 Å². The number of benzene rings is 1. The van der Waals surface area contributed by atoms with Gasteiger partial charge in [0.15, 0.2) is 0 Å². The van der Waals surface area contributed by atoms with Gasteiger partial charge in [-0.25, -0.2) is 19.6 Å². The Labute approximate surface area is 172 Å². The van der Waals surface area contributed by atoms with Gasteiger partial charge in [0.2, 0.25) is 5.88 Å². The van der Waals surface area contributed by atoms with Crippen LogP contribution in [-0.2, 0) is 0 Å². The van der Waals surface area contributed by atoms with Crippen molar-refractivity contribution in [3.05, 3.63) is 42.4 Å². The number of rotatable bonds is 9. The van der Waals surface area contributed by atoms with Crippen molar-refractivity contribution in [2.75, 3.05) is 13.7 Å². The summed E-state index contributed by atoms with van der Waals surface area (Å²) in [5.74, 6) is 0.903. The summed E-state index contributed by atoms with van der Waals surface area (Å²) < 4.78 is 5.43. The molecule has 0 spiro atoms. The molecule has 3 aromatic rings. The fourth-order valence-electron chi connectivity index (χ4n) is 3.19. The summed E-state index contributed by atoms with van der Waals surface area (Å²) in [7, 11) is 1.54. The zero-order valence-electron chi connectivity index (χ0n) is 16.4. The van der Waals surface area contributed by atoms with Gasteiger partial charge in [0.05, 0.1) is 36.1 Å². The number of amides is 2. The summed E-state index contributed by atoms with van der Waals surface area (Å²) in [6, 6.07) is 9.05. The van der Waals surface area contributed by atoms with Gasteiger partial charge in [-0.3, -0.25) is 0 Å². The lowest BCUT2D eigenvalue weighted by molar-refractivity contribution is 0.188. The third-order valence-corrected chi connectivity index (χ3v) is 4.59. The van der Waals surface area contributed by atoms with Crippen LogP contribution in [0, 0.1) is 0 Å². The van der Waals surface area contributed by atoms with E-state index in [-0.39, 0.29) is 0 Å². The largest absolute Gasteiger partial charge is 0.480 e. The van der Waals surface area contributed by atoms with Crippen molar-refractivity contribution >= 4 is 23.1 Å². The second-order valence-electron chi connectivity index (χ2n) is 6.65. The Morgan fingerprint density at radius 2 is 2.00 bits per heavy atom. The Bertz CT molecular complexity index is 1040. The minimum atomic E-state index is -1.16. The van der Waals surface area contributed by atoms with E-state index in [9.17, 15) is 14.7 Å². The van der Waals surface area contributed by atoms with Crippen molar-refractivity contribution in [2.45, 2.75) is 25.3 Å². The molecule has 2 amide bonds. The molecule has 1 unspecified atom stereocenters. The highest BCUT2D eigenvalue weighted by atomic mass is 16.5. The van der Waals surface area contributed by atoms with Gasteiger partial charge in [-0.15, -0.1) is 0 Å². The maximum Gasteiger partial charge on any atom is 0.405 e. The molecule has 1 atom stereocenters. The summed E-state index contributed by atoms with van der Waals surface area (Å²) in [4.78, 5) is 33.8. The number of ether oxygens (including phenoxy) is 1. The first-order chi connectivity index (χ1) is 14.5. The first kappa shape index (κ1) is 20.9. The second-order valence-corrected chi connectivity index (χ2v) is 6.65. The van der Waals surface area contributed by atoms with Crippen LogP contribution in [0.25, 0.3) is 22.2 Å². The van der Waals surface area contributed by atoms with E-state index < -0.39 is 18.2 Å². The number of aromatic amines is 1. The van der Waals surface area contributed by atoms with Crippen LogP contribution >= 0.6 is 0 Å². The maximum absolute atomic E-state index is 11.2. The van der Waals surface area contributed by atoms with Crippen molar-refractivity contribution in [3.63, 3.8) is 0 Å². The molecule has 0 fully saturated rings. The Morgan fingerprint density at radius 1 is 1.20 bits per heavy atom. The van der Waals surface area contributed by atoms with E-state index in [2.05, 4.69) is 25.6 Å². The van der Waals surface area contributed by atoms with Gasteiger partial charge in [-0.2, -0.15) is 0 Å². The van der Waals surface area contributed by atoms with Gasteiger partial charge in [0.25, 0.3) is 0 Å². The predicted octanol–water partition coefficient (Wildman–Crippen LogP) is 3.38. The number of nitrogens with one attached hydrogen (secondary N) is 3. The quantitative estimate of drug-likeness (QED) is 0.338. The molecule has 158 valence electrons. The Balaban J connectivity index is 1.80. The molecule has 0 aliphatic carbocycles. The molecule has 10 nitrogen and oxygen atoms in total. The number of para-hydroxylation sites is 1. The Kier molecular flexibility index (Phi) is 6.68. The molecule has 3 rings (SSSR count). The van der Waals surface area contributed by atoms with Crippen molar-refractivity contribution in [1.82, 2.24) is 25.6 Å². The van der Waals surface area contributed by atoms with Gasteiger partial charge in [-0.1, -0.05) is 18.2 Å². The topological polar surface area (TPSA) is 149 Å². The highest BCUT2D eigenvalue weighted by Crippen LogP contribution is 2.31. The van der Waals surface area contributed by atoms with E-state index in [1.807, 2.05) is 30.3 Å². The molecule has 30 heavy (non-hydrogen) atoms. The fraction of sp³-hybridized carbons (Fsp3) is 0.300. The van der Waals surface area contributed by atoms with Crippen LogP contribution in [0.2, 0.25) is 0 Å². The molecule has 0 aliphatic rings. The van der Waals surface area contributed by atoms with Crippen LogP contribution in [0.4, 0.5) is 9.59 Å². The number of carbonyl (C=O) groups is 2. The minimum absolute atomic E-state index is 0.304. The zero-order chi connectivity index (χ0) is 21.5. The predicted molar refractivity (Wildman–Crippen MR) is 110 cm³/mol. The number of H-pyrrole nitrogens is 1. The van der Waals surface area contributed by atoms with Crippen LogP contribution < -0.4 is 15.4 Å². The lowest BCUT2D eigenvalue weighted by atomic mass is 10.1. The van der Waals surface area contributed by atoms with Gasteiger partial charge < -0.3 is 30.6 Å². The fourth-order valence-corrected chi connectivity index (χ4v) is 3.19. The molecule has 0 saturated heterocycles. The number of hydrogen-bond donors (Lipinski definition) is 5. The third-order valence-electron chi connectivity index (χ3n) is 4.59. The Hall–Kier alpha value is -3.82. The molecular weight excluding hydrogens is 390 g/mol. The van der Waals surface area contributed by atoms with Gasteiger partial charge in [0.1, 0.15) is 5.82 Å². The van der Waals surface area contributed by atoms with Crippen LogP contribution in [-0.4, -0.2) is 51.0 Å². The number of nitrogens with zero attached hydrogens (tertiary/aromatic N) is 2. The summed E-state index contributed by atoms with van der Waals surface area (Å²) in [5.41, 5.74) is 2.18. The first-order valence-corrected chi connectivity index (χ1v) is 9.43. The zero-order valence-corrected chi connectivity index (χ0v) is 16.4. The van der Waals surface area contributed by atoms with Crippen molar-refractivity contribution in [2.24, 2.45) is 0 Å². The van der Waals surface area contributed by atoms with E-state index in [1.54, 1.807) is 6.20 Å². The standard InChI is InChI=1S/C20H23N5O5/c1-30-18-13(10-12-6-2-3-7-14(12)24-18)16-11-22-17(23-16)15(25-20(28)29)8-4-5-9-21-19(26)27/h2-3,6-7,10-11,15,21,25H,4-5,8-9H2,1H3,(H,22,23)(H,26,27)(H,28,29). The Morgan fingerprint density at radius 3 is 2.73 bits per heavy atom. The van der Waals surface area contributed by atoms with Crippen LogP contribution in [0.3, 0.4) is 0 Å². The first-order valence-electron chi connectivity index (χ1n) is 9.43. The van der Waals surface area contributed by atoms with E-state index >= 15 is 0 Å². The van der Waals surface area contributed by atoms with E-state index in [0.29, 0.717) is 43.2 Å². The summed E-state index contributed by atoms with van der Waals surface area (Å²) in [6.45, 7) is 0.304. The van der Waals surface area contributed by atoms with Crippen molar-refractivity contribution < 1.29 is 24.5 Å². The van der Waals surface area contributed by atoms with Crippen molar-refractivity contribution in [3.8, 4) is 17.1 Å². The number of methoxy groups -OCH3 is 1. The third kappa shape index (κ3) is 5.16. The number of aromatic nitrogens is 3. The number of imidazole rings is 1. The number of pyridine rings is 1. The molecule has 0 saturated carbocycles. The monoisotopic (exact) mass is 413 g/mol. The second kappa shape index (κ2) is 9.59. The molecule has 1 aromatic carbocycles. The lowest BCUT2D eigenvalue weighted by Crippen LogP contribution is -2.28. The van der Waals surface area contributed by atoms with Crippen molar-refractivity contribution in [1.29, 1.82) is 0 Å². The van der Waals surface area contributed by atoms with Gasteiger partial charge in [-0.05, 0) is 31.4 Å². The smallest absolute Gasteiger partial charge is 0.405 e. The van der Waals surface area contributed by atoms with E-state index in [1.165, 1.54) is 7.11 Å². The minimum Gasteiger partial charge on any atom is -0.480 e. The number of fused-ring (bicyclic) bond motifs is 1. The number of carboxylic acid groups (broad SMARTS) is 2. The normalized spacial score (nSPS) is 11.8. The number of hydrogen-bond acceptors (Lipinski definition) is 5. The van der Waals surface area contributed by atoms with Crippen LogP contribution in [0.5, 0.6) is 5.88 Å².